The van der Waals surface area contributed by atoms with Crippen molar-refractivity contribution in [3.63, 3.8) is 0 Å². The van der Waals surface area contributed by atoms with Gasteiger partial charge in [-0.2, -0.15) is 13.9 Å². The molecule has 1 amide bonds. The van der Waals surface area contributed by atoms with E-state index < -0.39 is 17.8 Å². The third kappa shape index (κ3) is 4.51. The quantitative estimate of drug-likeness (QED) is 0.398. The van der Waals surface area contributed by atoms with Gasteiger partial charge >= 0.3 is 0 Å². The van der Waals surface area contributed by atoms with Gasteiger partial charge in [-0.3, -0.25) is 9.48 Å². The fraction of sp³-hybridized carbons (Fsp3) is 0.320. The minimum absolute atomic E-state index is 0.0481. The van der Waals surface area contributed by atoms with E-state index in [9.17, 15) is 13.6 Å². The van der Waals surface area contributed by atoms with E-state index in [-0.39, 0.29) is 11.6 Å². The highest BCUT2D eigenvalue weighted by Crippen LogP contribution is 2.28. The molecule has 2 aliphatic heterocycles. The van der Waals surface area contributed by atoms with Crippen LogP contribution in [0.5, 0.6) is 0 Å². The number of pyridine rings is 1. The topological polar surface area (TPSA) is 118 Å². The number of nitrogens with one attached hydrogen (secondary N) is 1. The van der Waals surface area contributed by atoms with Gasteiger partial charge in [-0.05, 0) is 31.9 Å². The van der Waals surface area contributed by atoms with E-state index in [1.54, 1.807) is 12.3 Å². The highest BCUT2D eigenvalue weighted by Gasteiger charge is 2.27. The number of hydrogen-bond donors (Lipinski definition) is 1. The normalized spacial score (nSPS) is 17.0. The van der Waals surface area contributed by atoms with E-state index in [2.05, 4.69) is 35.3 Å². The maximum atomic E-state index is 14.8. The summed E-state index contributed by atoms with van der Waals surface area (Å²) in [6.45, 7) is 4.76. The molecule has 0 aromatic carbocycles. The number of aromatic nitrogens is 7. The predicted octanol–water partition coefficient (Wildman–Crippen LogP) is 2.72. The Hall–Kier alpha value is -4.55. The summed E-state index contributed by atoms with van der Waals surface area (Å²) in [5.74, 6) is -0.991. The predicted molar refractivity (Wildman–Crippen MR) is 135 cm³/mol. The average Bonchev–Trinajstić information content (AvgIpc) is 3.54. The van der Waals surface area contributed by atoms with Crippen molar-refractivity contribution in [1.29, 1.82) is 0 Å². The largest absolute Gasteiger partial charge is 0.352 e. The van der Waals surface area contributed by atoms with Crippen LogP contribution in [-0.2, 0) is 13.0 Å². The molecule has 2 aliphatic rings. The molecule has 1 atom stereocenters. The summed E-state index contributed by atoms with van der Waals surface area (Å²) in [5.41, 5.74) is 2.44. The summed E-state index contributed by atoms with van der Waals surface area (Å²) >= 11 is 0. The monoisotopic (exact) mass is 518 g/mol. The SMILES string of the molecule is C[C@H]1CN(c2cnc(F)cn2)CCN1c1ncc(NC(=O)c2ccc(-c3cnn4c3CCC4)nc2F)cn1. The molecule has 0 aliphatic carbocycles. The van der Waals surface area contributed by atoms with Crippen molar-refractivity contribution < 1.29 is 13.6 Å². The lowest BCUT2D eigenvalue weighted by atomic mass is 10.1. The van der Waals surface area contributed by atoms with Crippen molar-refractivity contribution in [1.82, 2.24) is 34.7 Å². The van der Waals surface area contributed by atoms with Gasteiger partial charge in [0.1, 0.15) is 5.82 Å². The number of fused-ring (bicyclic) bond motifs is 1. The van der Waals surface area contributed by atoms with Gasteiger partial charge in [0.25, 0.3) is 5.91 Å². The van der Waals surface area contributed by atoms with Crippen molar-refractivity contribution in [3.05, 3.63) is 66.3 Å². The second kappa shape index (κ2) is 9.72. The first-order valence-corrected chi connectivity index (χ1v) is 12.3. The molecule has 6 rings (SSSR count). The Kier molecular flexibility index (Phi) is 6.10. The minimum Gasteiger partial charge on any atom is -0.352 e. The van der Waals surface area contributed by atoms with Gasteiger partial charge in [0, 0.05) is 43.5 Å². The number of amides is 1. The number of halogens is 2. The fourth-order valence-corrected chi connectivity index (χ4v) is 4.90. The van der Waals surface area contributed by atoms with Crippen molar-refractivity contribution in [2.75, 3.05) is 34.8 Å². The van der Waals surface area contributed by atoms with Gasteiger partial charge in [0.05, 0.1) is 47.9 Å². The molecule has 1 N–H and O–H groups in total. The molecular weight excluding hydrogens is 494 g/mol. The Morgan fingerprint density at radius 2 is 1.84 bits per heavy atom. The second-order valence-corrected chi connectivity index (χ2v) is 9.28. The number of rotatable bonds is 5. The number of nitrogens with zero attached hydrogens (tertiary/aromatic N) is 9. The lowest BCUT2D eigenvalue weighted by molar-refractivity contribution is 0.102. The summed E-state index contributed by atoms with van der Waals surface area (Å²) in [6, 6.07) is 3.10. The van der Waals surface area contributed by atoms with Gasteiger partial charge in [-0.1, -0.05) is 0 Å². The van der Waals surface area contributed by atoms with Gasteiger partial charge in [-0.15, -0.1) is 0 Å². The number of carbonyl (C=O) groups excluding carboxylic acids is 1. The lowest BCUT2D eigenvalue weighted by Gasteiger charge is -2.40. The fourth-order valence-electron chi connectivity index (χ4n) is 4.90. The number of aryl methyl sites for hydroxylation is 1. The first kappa shape index (κ1) is 23.8. The Morgan fingerprint density at radius 1 is 1.00 bits per heavy atom. The van der Waals surface area contributed by atoms with E-state index in [0.717, 1.165) is 36.8 Å². The van der Waals surface area contributed by atoms with Crippen LogP contribution in [0.3, 0.4) is 0 Å². The van der Waals surface area contributed by atoms with Crippen LogP contribution in [0.15, 0.2) is 43.1 Å². The molecular formula is C25H24F2N10O. The van der Waals surface area contributed by atoms with E-state index >= 15 is 0 Å². The maximum Gasteiger partial charge on any atom is 0.260 e. The molecule has 194 valence electrons. The molecule has 1 fully saturated rings. The van der Waals surface area contributed by atoms with Crippen LogP contribution >= 0.6 is 0 Å². The van der Waals surface area contributed by atoms with Crippen LogP contribution < -0.4 is 15.1 Å². The molecule has 0 unspecified atom stereocenters. The zero-order valence-electron chi connectivity index (χ0n) is 20.6. The summed E-state index contributed by atoms with van der Waals surface area (Å²) in [6.07, 6.45) is 9.05. The van der Waals surface area contributed by atoms with Crippen LogP contribution in [0.1, 0.15) is 29.4 Å². The number of piperazine rings is 1. The number of carbonyl (C=O) groups is 1. The molecule has 11 nitrogen and oxygen atoms in total. The second-order valence-electron chi connectivity index (χ2n) is 9.28. The Balaban J connectivity index is 1.10. The van der Waals surface area contributed by atoms with Crippen LogP contribution in [0.2, 0.25) is 0 Å². The number of anilines is 3. The average molecular weight is 519 g/mol. The van der Waals surface area contributed by atoms with Crippen LogP contribution in [0, 0.1) is 11.9 Å². The lowest BCUT2D eigenvalue weighted by Crippen LogP contribution is -2.53. The van der Waals surface area contributed by atoms with E-state index in [4.69, 9.17) is 0 Å². The molecule has 4 aromatic heterocycles. The molecule has 4 aromatic rings. The van der Waals surface area contributed by atoms with Crippen molar-refractivity contribution >= 4 is 23.4 Å². The van der Waals surface area contributed by atoms with Gasteiger partial charge in [-0.25, -0.2) is 24.9 Å². The first-order valence-electron chi connectivity index (χ1n) is 12.3. The zero-order chi connectivity index (χ0) is 26.2. The molecule has 0 radical (unpaired) electrons. The van der Waals surface area contributed by atoms with Crippen LogP contribution in [0.4, 0.5) is 26.2 Å². The Labute approximate surface area is 216 Å². The smallest absolute Gasteiger partial charge is 0.260 e. The minimum atomic E-state index is -0.854. The molecule has 0 bridgehead atoms. The highest BCUT2D eigenvalue weighted by molar-refractivity contribution is 6.04. The maximum absolute atomic E-state index is 14.8. The molecule has 13 heteroatoms. The highest BCUT2D eigenvalue weighted by atomic mass is 19.1. The van der Waals surface area contributed by atoms with Crippen LogP contribution in [-0.4, -0.2) is 66.3 Å². The standard InChI is InChI=1S/C25H24F2N10O/c1-15-14-35(22-13-28-21(26)12-29-22)7-8-36(15)25-30-9-16(10-31-25)33-24(38)17-4-5-19(34-23(17)27)18-11-32-37-6-2-3-20(18)37/h4-5,9-13,15H,2-3,6-8,14H2,1H3,(H,33,38)/t15-/m0/s1. The molecule has 1 saturated heterocycles. The van der Waals surface area contributed by atoms with E-state index in [1.165, 1.54) is 24.7 Å². The summed E-state index contributed by atoms with van der Waals surface area (Å²) in [7, 11) is 0. The van der Waals surface area contributed by atoms with Crippen molar-refractivity contribution in [2.24, 2.45) is 0 Å². The Bertz CT molecular complexity index is 1470. The van der Waals surface area contributed by atoms with Gasteiger partial charge in [0.2, 0.25) is 17.8 Å². The van der Waals surface area contributed by atoms with E-state index in [0.29, 0.717) is 42.8 Å². The van der Waals surface area contributed by atoms with Gasteiger partial charge < -0.3 is 15.1 Å². The zero-order valence-corrected chi connectivity index (χ0v) is 20.6. The molecule has 6 heterocycles. The van der Waals surface area contributed by atoms with Crippen molar-refractivity contribution in [3.8, 4) is 11.3 Å². The van der Waals surface area contributed by atoms with Crippen molar-refractivity contribution in [2.45, 2.75) is 32.4 Å². The molecule has 38 heavy (non-hydrogen) atoms. The molecule has 0 saturated carbocycles. The summed E-state index contributed by atoms with van der Waals surface area (Å²) < 4.78 is 29.8. The van der Waals surface area contributed by atoms with Crippen LogP contribution in [0.25, 0.3) is 11.3 Å². The summed E-state index contributed by atoms with van der Waals surface area (Å²) in [4.78, 5) is 37.4. The number of hydrogen-bond acceptors (Lipinski definition) is 9. The third-order valence-corrected chi connectivity index (χ3v) is 6.81. The van der Waals surface area contributed by atoms with E-state index in [1.807, 2.05) is 21.4 Å². The first-order chi connectivity index (χ1) is 18.5. The third-order valence-electron chi connectivity index (χ3n) is 6.81. The summed E-state index contributed by atoms with van der Waals surface area (Å²) in [5, 5.41) is 6.96. The molecule has 0 spiro atoms. The van der Waals surface area contributed by atoms with Gasteiger partial charge in [0.15, 0.2) is 0 Å². The Morgan fingerprint density at radius 3 is 2.58 bits per heavy atom.